The number of aromatic nitrogens is 2. The molecule has 25 heavy (non-hydrogen) atoms. The zero-order valence-electron chi connectivity index (χ0n) is 15.6. The first-order valence-electron chi connectivity index (χ1n) is 9.31. The number of piperidine rings is 1. The standard InChI is InChI=1S/C21H28N4/c1-16(2)25-17(3)13-23-21(25)11-20-5-4-10-24(15-20)14-19-8-6-18(12-22)7-9-19/h6-9,13,16,20H,4-5,10-11,14-15H2,1-3H3. The van der Waals surface area contributed by atoms with Crippen molar-refractivity contribution < 1.29 is 0 Å². The lowest BCUT2D eigenvalue weighted by Crippen LogP contribution is -2.36. The van der Waals surface area contributed by atoms with Gasteiger partial charge in [0.2, 0.25) is 0 Å². The number of nitriles is 1. The average molecular weight is 336 g/mol. The molecule has 0 bridgehead atoms. The molecule has 0 amide bonds. The molecular weight excluding hydrogens is 308 g/mol. The van der Waals surface area contributed by atoms with Gasteiger partial charge in [0.15, 0.2) is 0 Å². The van der Waals surface area contributed by atoms with Gasteiger partial charge in [0.1, 0.15) is 5.82 Å². The fourth-order valence-corrected chi connectivity index (χ4v) is 4.01. The lowest BCUT2D eigenvalue weighted by molar-refractivity contribution is 0.165. The fraction of sp³-hybridized carbons (Fsp3) is 0.524. The van der Waals surface area contributed by atoms with Gasteiger partial charge in [-0.2, -0.15) is 5.26 Å². The molecule has 1 aliphatic heterocycles. The molecule has 4 heteroatoms. The normalized spacial score (nSPS) is 18.4. The van der Waals surface area contributed by atoms with Crippen LogP contribution in [0.15, 0.2) is 30.5 Å². The monoisotopic (exact) mass is 336 g/mol. The SMILES string of the molecule is Cc1cnc(CC2CCCN(Cc3ccc(C#N)cc3)C2)n1C(C)C. The van der Waals surface area contributed by atoms with Crippen molar-refractivity contribution in [2.24, 2.45) is 5.92 Å². The Bertz CT molecular complexity index is 736. The number of aryl methyl sites for hydroxylation is 1. The molecule has 4 nitrogen and oxygen atoms in total. The zero-order chi connectivity index (χ0) is 17.8. The molecular formula is C21H28N4. The van der Waals surface area contributed by atoms with Crippen molar-refractivity contribution in [2.75, 3.05) is 13.1 Å². The van der Waals surface area contributed by atoms with Crippen molar-refractivity contribution in [3.63, 3.8) is 0 Å². The van der Waals surface area contributed by atoms with E-state index in [0.717, 1.165) is 31.6 Å². The summed E-state index contributed by atoms with van der Waals surface area (Å²) in [5.74, 6) is 1.91. The molecule has 1 fully saturated rings. The maximum Gasteiger partial charge on any atom is 0.109 e. The molecule has 3 rings (SSSR count). The highest BCUT2D eigenvalue weighted by Gasteiger charge is 2.22. The van der Waals surface area contributed by atoms with Crippen LogP contribution in [0.1, 0.15) is 55.4 Å². The first kappa shape index (κ1) is 17.7. The van der Waals surface area contributed by atoms with Crippen molar-refractivity contribution in [1.29, 1.82) is 5.26 Å². The Morgan fingerprint density at radius 3 is 2.72 bits per heavy atom. The number of hydrogen-bond donors (Lipinski definition) is 0. The molecule has 0 N–H and O–H groups in total. The topological polar surface area (TPSA) is 44.9 Å². The summed E-state index contributed by atoms with van der Waals surface area (Å²) in [6.45, 7) is 9.87. The third-order valence-electron chi connectivity index (χ3n) is 5.14. The van der Waals surface area contributed by atoms with E-state index >= 15 is 0 Å². The van der Waals surface area contributed by atoms with Crippen molar-refractivity contribution in [1.82, 2.24) is 14.5 Å². The Balaban J connectivity index is 1.62. The highest BCUT2D eigenvalue weighted by molar-refractivity contribution is 5.31. The van der Waals surface area contributed by atoms with Crippen LogP contribution < -0.4 is 0 Å². The molecule has 2 aromatic rings. The molecule has 1 aliphatic rings. The summed E-state index contributed by atoms with van der Waals surface area (Å²) >= 11 is 0. The van der Waals surface area contributed by atoms with E-state index in [4.69, 9.17) is 5.26 Å². The van der Waals surface area contributed by atoms with Crippen LogP contribution in [0, 0.1) is 24.2 Å². The number of rotatable bonds is 5. The van der Waals surface area contributed by atoms with E-state index in [1.54, 1.807) is 0 Å². The van der Waals surface area contributed by atoms with Crippen LogP contribution in [-0.4, -0.2) is 27.5 Å². The maximum absolute atomic E-state index is 8.92. The van der Waals surface area contributed by atoms with Gasteiger partial charge in [-0.3, -0.25) is 4.90 Å². The predicted molar refractivity (Wildman–Crippen MR) is 100 cm³/mol. The van der Waals surface area contributed by atoms with Crippen molar-refractivity contribution in [2.45, 2.75) is 52.6 Å². The van der Waals surface area contributed by atoms with Gasteiger partial charge in [-0.05, 0) is 63.8 Å². The molecule has 1 atom stereocenters. The van der Waals surface area contributed by atoms with Gasteiger partial charge >= 0.3 is 0 Å². The third kappa shape index (κ3) is 4.29. The first-order chi connectivity index (χ1) is 12.1. The summed E-state index contributed by atoms with van der Waals surface area (Å²) in [5.41, 5.74) is 3.28. The van der Waals surface area contributed by atoms with E-state index in [1.807, 2.05) is 18.3 Å². The second kappa shape index (κ2) is 7.84. The van der Waals surface area contributed by atoms with Crippen molar-refractivity contribution >= 4 is 0 Å². The van der Waals surface area contributed by atoms with Crippen molar-refractivity contribution in [3.8, 4) is 6.07 Å². The minimum Gasteiger partial charge on any atom is -0.330 e. The summed E-state index contributed by atoms with van der Waals surface area (Å²) in [4.78, 5) is 7.22. The smallest absolute Gasteiger partial charge is 0.109 e. The molecule has 1 aromatic carbocycles. The Kier molecular flexibility index (Phi) is 5.55. The minimum atomic E-state index is 0.468. The molecule has 0 saturated carbocycles. The van der Waals surface area contributed by atoms with E-state index in [-0.39, 0.29) is 0 Å². The van der Waals surface area contributed by atoms with E-state index in [1.165, 1.54) is 29.9 Å². The zero-order valence-corrected chi connectivity index (χ0v) is 15.6. The molecule has 0 radical (unpaired) electrons. The maximum atomic E-state index is 8.92. The van der Waals surface area contributed by atoms with E-state index in [9.17, 15) is 0 Å². The quantitative estimate of drug-likeness (QED) is 0.826. The number of benzene rings is 1. The summed E-state index contributed by atoms with van der Waals surface area (Å²) in [7, 11) is 0. The number of likely N-dealkylation sites (tertiary alicyclic amines) is 1. The number of nitrogens with zero attached hydrogens (tertiary/aromatic N) is 4. The Hall–Kier alpha value is -2.12. The number of hydrogen-bond acceptors (Lipinski definition) is 3. The van der Waals surface area contributed by atoms with Crippen LogP contribution in [0.3, 0.4) is 0 Å². The van der Waals surface area contributed by atoms with Crippen LogP contribution in [0.25, 0.3) is 0 Å². The second-order valence-corrected chi connectivity index (χ2v) is 7.54. The molecule has 1 saturated heterocycles. The third-order valence-corrected chi connectivity index (χ3v) is 5.14. The molecule has 1 aromatic heterocycles. The average Bonchev–Trinajstić information content (AvgIpc) is 2.96. The van der Waals surface area contributed by atoms with Gasteiger partial charge in [-0.1, -0.05) is 12.1 Å². The van der Waals surface area contributed by atoms with Gasteiger partial charge in [-0.15, -0.1) is 0 Å². The Morgan fingerprint density at radius 1 is 1.28 bits per heavy atom. The fourth-order valence-electron chi connectivity index (χ4n) is 4.01. The van der Waals surface area contributed by atoms with Gasteiger partial charge in [0.25, 0.3) is 0 Å². The molecule has 1 unspecified atom stereocenters. The molecule has 2 heterocycles. The van der Waals surface area contributed by atoms with Gasteiger partial charge in [-0.25, -0.2) is 4.98 Å². The number of imidazole rings is 1. The van der Waals surface area contributed by atoms with Crippen LogP contribution in [0.4, 0.5) is 0 Å². The van der Waals surface area contributed by atoms with Gasteiger partial charge < -0.3 is 4.57 Å². The van der Waals surface area contributed by atoms with Crippen LogP contribution in [-0.2, 0) is 13.0 Å². The molecule has 0 aliphatic carbocycles. The van der Waals surface area contributed by atoms with Crippen LogP contribution in [0.2, 0.25) is 0 Å². The van der Waals surface area contributed by atoms with E-state index < -0.39 is 0 Å². The first-order valence-corrected chi connectivity index (χ1v) is 9.31. The summed E-state index contributed by atoms with van der Waals surface area (Å²) < 4.78 is 2.37. The van der Waals surface area contributed by atoms with Crippen LogP contribution >= 0.6 is 0 Å². The highest BCUT2D eigenvalue weighted by atomic mass is 15.1. The second-order valence-electron chi connectivity index (χ2n) is 7.54. The Morgan fingerprint density at radius 2 is 2.04 bits per heavy atom. The minimum absolute atomic E-state index is 0.468. The van der Waals surface area contributed by atoms with Crippen molar-refractivity contribution in [3.05, 3.63) is 53.1 Å². The summed E-state index contributed by atoms with van der Waals surface area (Å²) in [5, 5.41) is 8.92. The van der Waals surface area contributed by atoms with Gasteiger partial charge in [0.05, 0.1) is 11.6 Å². The lowest BCUT2D eigenvalue weighted by Gasteiger charge is -2.33. The molecule has 132 valence electrons. The van der Waals surface area contributed by atoms with E-state index in [2.05, 4.69) is 53.4 Å². The molecule has 0 spiro atoms. The van der Waals surface area contributed by atoms with Gasteiger partial charge in [0, 0.05) is 37.4 Å². The summed E-state index contributed by atoms with van der Waals surface area (Å²) in [6, 6.07) is 10.6. The van der Waals surface area contributed by atoms with Crippen LogP contribution in [0.5, 0.6) is 0 Å². The predicted octanol–water partition coefficient (Wildman–Crippen LogP) is 4.10. The Labute approximate surface area is 151 Å². The van der Waals surface area contributed by atoms with E-state index in [0.29, 0.717) is 12.0 Å². The summed E-state index contributed by atoms with van der Waals surface area (Å²) in [6.07, 6.45) is 5.61. The largest absolute Gasteiger partial charge is 0.330 e. The lowest BCUT2D eigenvalue weighted by atomic mass is 9.94. The highest BCUT2D eigenvalue weighted by Crippen LogP contribution is 2.24.